The molecule has 4 atom stereocenters. The molecule has 0 bridgehead atoms. The first-order chi connectivity index (χ1) is 25.8. The van der Waals surface area contributed by atoms with Crippen molar-refractivity contribution in [2.24, 2.45) is 11.8 Å². The molecular weight excluding hydrogens is 647 g/mol. The molecule has 1 aromatic heterocycles. The second-order valence-corrected chi connectivity index (χ2v) is 15.4. The molecule has 4 unspecified atom stereocenters. The van der Waals surface area contributed by atoms with Gasteiger partial charge in [0.2, 0.25) is 0 Å². The second-order valence-electron chi connectivity index (χ2n) is 14.4. The lowest BCUT2D eigenvalue weighted by Gasteiger charge is -2.36. The van der Waals surface area contributed by atoms with Gasteiger partial charge in [-0.25, -0.2) is 0 Å². The molecule has 0 saturated heterocycles. The van der Waals surface area contributed by atoms with Crippen LogP contribution in [0.15, 0.2) is 188 Å². The van der Waals surface area contributed by atoms with Crippen molar-refractivity contribution in [3.05, 3.63) is 210 Å². The van der Waals surface area contributed by atoms with Crippen LogP contribution in [0.3, 0.4) is 0 Å². The van der Waals surface area contributed by atoms with E-state index in [9.17, 15) is 0 Å². The number of nitrogens with zero attached hydrogens (tertiary/aromatic N) is 1. The van der Waals surface area contributed by atoms with E-state index in [0.29, 0.717) is 17.8 Å². The van der Waals surface area contributed by atoms with Crippen LogP contribution in [0.25, 0.3) is 42.9 Å². The summed E-state index contributed by atoms with van der Waals surface area (Å²) in [6.07, 6.45) is 30.0. The molecule has 0 N–H and O–H groups in total. The van der Waals surface area contributed by atoms with Gasteiger partial charge in [-0.1, -0.05) is 170 Å². The van der Waals surface area contributed by atoms with Crippen LogP contribution in [-0.2, 0) is 6.42 Å². The first-order valence-electron chi connectivity index (χ1n) is 18.6. The van der Waals surface area contributed by atoms with Crippen molar-refractivity contribution >= 4 is 48.8 Å². The van der Waals surface area contributed by atoms with Crippen molar-refractivity contribution in [2.75, 3.05) is 4.90 Å². The average molecular weight is 686 g/mol. The van der Waals surface area contributed by atoms with Crippen LogP contribution in [-0.4, -0.2) is 6.04 Å². The third-order valence-corrected chi connectivity index (χ3v) is 12.5. The number of benzene rings is 5. The Morgan fingerprint density at radius 3 is 2.31 bits per heavy atom. The molecule has 4 aliphatic carbocycles. The largest absolute Gasteiger partial charge is 0.333 e. The van der Waals surface area contributed by atoms with Crippen LogP contribution in [0.5, 0.6) is 0 Å². The van der Waals surface area contributed by atoms with E-state index in [1.807, 2.05) is 11.3 Å². The van der Waals surface area contributed by atoms with Crippen LogP contribution >= 0.6 is 11.3 Å². The minimum Gasteiger partial charge on any atom is -0.333 e. The Balaban J connectivity index is 0.999. The normalized spacial score (nSPS) is 21.5. The van der Waals surface area contributed by atoms with E-state index < -0.39 is 0 Å². The van der Waals surface area contributed by atoms with Crippen molar-refractivity contribution in [1.29, 1.82) is 0 Å². The molecule has 0 radical (unpaired) electrons. The van der Waals surface area contributed by atoms with Gasteiger partial charge in [0.15, 0.2) is 0 Å². The number of allylic oxidation sites excluding steroid dienone is 11. The predicted octanol–water partition coefficient (Wildman–Crippen LogP) is 13.1. The fourth-order valence-electron chi connectivity index (χ4n) is 8.59. The van der Waals surface area contributed by atoms with E-state index in [2.05, 4.69) is 193 Å². The SMILES string of the molecule is C1=CC2C=CC(c3ccc(C4C=CC(N(c5cccc6c5sc5cccc(-c7ccccc7)c56)C5C=Cc6ccccc6C5)=CC4)cc3)=CC2C=C1. The molecule has 4 aliphatic rings. The Kier molecular flexibility index (Phi) is 7.84. The Labute approximate surface area is 310 Å². The van der Waals surface area contributed by atoms with Gasteiger partial charge in [-0.3, -0.25) is 0 Å². The Morgan fingerprint density at radius 1 is 0.615 bits per heavy atom. The minimum absolute atomic E-state index is 0.206. The lowest BCUT2D eigenvalue weighted by Crippen LogP contribution is -2.36. The van der Waals surface area contributed by atoms with Crippen molar-refractivity contribution < 1.29 is 0 Å². The first-order valence-corrected chi connectivity index (χ1v) is 19.4. The number of hydrogen-bond acceptors (Lipinski definition) is 2. The standard InChI is InChI=1S/C50H39NS/c1-2-12-39(13-3-1)45-16-9-19-48-49(45)46-17-8-18-47(50(46)52-48)51(44-31-28-35-11-5-7-15-41(35)33-44)43-29-26-37(27-30-43)36-20-22-38(23-21-36)42-25-24-34-10-4-6-14-40(34)32-42/h1-26,28-32,34,37,40,44H,27,33H2. The van der Waals surface area contributed by atoms with Crippen molar-refractivity contribution in [2.45, 2.75) is 24.8 Å². The number of thiophene rings is 1. The lowest BCUT2D eigenvalue weighted by atomic mass is 9.81. The van der Waals surface area contributed by atoms with Gasteiger partial charge in [-0.15, -0.1) is 11.3 Å². The summed E-state index contributed by atoms with van der Waals surface area (Å²) in [4.78, 5) is 2.62. The quantitative estimate of drug-likeness (QED) is 0.169. The molecule has 0 fully saturated rings. The summed E-state index contributed by atoms with van der Waals surface area (Å²) in [5, 5.41) is 2.68. The fraction of sp³-hybridized carbons (Fsp3) is 0.120. The summed E-state index contributed by atoms with van der Waals surface area (Å²) in [6, 6.07) is 42.9. The summed E-state index contributed by atoms with van der Waals surface area (Å²) in [5.41, 5.74) is 11.8. The molecule has 0 aliphatic heterocycles. The van der Waals surface area contributed by atoms with Gasteiger partial charge in [0, 0.05) is 38.9 Å². The summed E-state index contributed by atoms with van der Waals surface area (Å²) < 4.78 is 2.67. The summed E-state index contributed by atoms with van der Waals surface area (Å²) in [7, 11) is 0. The van der Waals surface area contributed by atoms with Crippen LogP contribution in [0.2, 0.25) is 0 Å². The van der Waals surface area contributed by atoms with Crippen LogP contribution in [0.1, 0.15) is 34.6 Å². The topological polar surface area (TPSA) is 3.24 Å². The molecule has 2 heteroatoms. The van der Waals surface area contributed by atoms with E-state index in [1.165, 1.54) is 70.5 Å². The highest BCUT2D eigenvalue weighted by Gasteiger charge is 2.27. The zero-order chi connectivity index (χ0) is 34.4. The molecular formula is C50H39NS. The fourth-order valence-corrected chi connectivity index (χ4v) is 9.83. The maximum atomic E-state index is 2.62. The molecule has 0 saturated carbocycles. The summed E-state index contributed by atoms with van der Waals surface area (Å²) >= 11 is 1.92. The van der Waals surface area contributed by atoms with Gasteiger partial charge >= 0.3 is 0 Å². The third kappa shape index (κ3) is 5.55. The van der Waals surface area contributed by atoms with Gasteiger partial charge in [-0.2, -0.15) is 0 Å². The second kappa shape index (κ2) is 13.1. The zero-order valence-electron chi connectivity index (χ0n) is 29.0. The van der Waals surface area contributed by atoms with E-state index >= 15 is 0 Å². The molecule has 6 aromatic rings. The summed E-state index contributed by atoms with van der Waals surface area (Å²) in [5.74, 6) is 1.29. The third-order valence-electron chi connectivity index (χ3n) is 11.3. The molecule has 5 aromatic carbocycles. The molecule has 52 heavy (non-hydrogen) atoms. The van der Waals surface area contributed by atoms with E-state index in [4.69, 9.17) is 0 Å². The molecule has 0 spiro atoms. The van der Waals surface area contributed by atoms with Crippen LogP contribution < -0.4 is 4.90 Å². The number of anilines is 1. The Hall–Kier alpha value is -5.70. The lowest BCUT2D eigenvalue weighted by molar-refractivity contribution is 0.663. The molecule has 1 nitrogen and oxygen atoms in total. The highest BCUT2D eigenvalue weighted by Crippen LogP contribution is 2.46. The van der Waals surface area contributed by atoms with Gasteiger partial charge in [-0.05, 0) is 70.0 Å². The Bertz CT molecular complexity index is 2530. The van der Waals surface area contributed by atoms with Gasteiger partial charge < -0.3 is 4.90 Å². The van der Waals surface area contributed by atoms with Gasteiger partial charge in [0.25, 0.3) is 0 Å². The van der Waals surface area contributed by atoms with Crippen molar-refractivity contribution in [3.8, 4) is 11.1 Å². The zero-order valence-corrected chi connectivity index (χ0v) is 29.8. The Morgan fingerprint density at radius 2 is 1.44 bits per heavy atom. The number of fused-ring (bicyclic) bond motifs is 5. The first kappa shape index (κ1) is 31.1. The average Bonchev–Trinajstić information content (AvgIpc) is 3.61. The monoisotopic (exact) mass is 685 g/mol. The maximum Gasteiger partial charge on any atom is 0.0598 e. The van der Waals surface area contributed by atoms with Crippen LogP contribution in [0.4, 0.5) is 5.69 Å². The minimum atomic E-state index is 0.206. The van der Waals surface area contributed by atoms with Crippen molar-refractivity contribution in [1.82, 2.24) is 0 Å². The molecule has 10 rings (SSSR count). The predicted molar refractivity (Wildman–Crippen MR) is 224 cm³/mol. The van der Waals surface area contributed by atoms with E-state index in [0.717, 1.165) is 12.8 Å². The highest BCUT2D eigenvalue weighted by molar-refractivity contribution is 7.26. The maximum absolute atomic E-state index is 2.62. The van der Waals surface area contributed by atoms with Gasteiger partial charge in [0.1, 0.15) is 0 Å². The van der Waals surface area contributed by atoms with E-state index in [-0.39, 0.29) is 6.04 Å². The smallest absolute Gasteiger partial charge is 0.0598 e. The van der Waals surface area contributed by atoms with Crippen LogP contribution in [0, 0.1) is 11.8 Å². The number of rotatable bonds is 6. The van der Waals surface area contributed by atoms with E-state index in [1.54, 1.807) is 0 Å². The summed E-state index contributed by atoms with van der Waals surface area (Å²) in [6.45, 7) is 0. The molecule has 0 amide bonds. The highest BCUT2D eigenvalue weighted by atomic mass is 32.1. The molecule has 250 valence electrons. The number of hydrogen-bond donors (Lipinski definition) is 0. The molecule has 1 heterocycles. The van der Waals surface area contributed by atoms with Crippen molar-refractivity contribution in [3.63, 3.8) is 0 Å². The van der Waals surface area contributed by atoms with Gasteiger partial charge in [0.05, 0.1) is 16.4 Å².